The van der Waals surface area contributed by atoms with E-state index in [1.54, 1.807) is 17.0 Å². The summed E-state index contributed by atoms with van der Waals surface area (Å²) in [7, 11) is -3.54. The van der Waals surface area contributed by atoms with Crippen molar-refractivity contribution >= 4 is 27.5 Å². The van der Waals surface area contributed by atoms with Crippen molar-refractivity contribution in [2.75, 3.05) is 17.1 Å². The summed E-state index contributed by atoms with van der Waals surface area (Å²) in [6, 6.07) is 25.8. The summed E-state index contributed by atoms with van der Waals surface area (Å²) < 4.78 is 26.5. The van der Waals surface area contributed by atoms with Gasteiger partial charge >= 0.3 is 0 Å². The first kappa shape index (κ1) is 30.9. The second-order valence-corrected chi connectivity index (χ2v) is 12.2. The molecule has 0 saturated heterocycles. The number of carbonyl (C=O) groups is 2. The number of anilines is 1. The van der Waals surface area contributed by atoms with E-state index in [9.17, 15) is 18.0 Å². The highest BCUT2D eigenvalue weighted by Gasteiger charge is 2.31. The second kappa shape index (κ2) is 14.7. The normalized spacial score (nSPS) is 12.8. The number of sulfonamides is 1. The minimum atomic E-state index is -3.54. The molecule has 0 saturated carbocycles. The number of nitrogens with one attached hydrogen (secondary N) is 1. The van der Waals surface area contributed by atoms with Crippen LogP contribution in [0.25, 0.3) is 0 Å². The van der Waals surface area contributed by atoms with Gasteiger partial charge in [-0.25, -0.2) is 8.42 Å². The summed E-state index contributed by atoms with van der Waals surface area (Å²) in [4.78, 5) is 29.1. The van der Waals surface area contributed by atoms with Gasteiger partial charge in [-0.2, -0.15) is 0 Å². The van der Waals surface area contributed by atoms with E-state index in [1.165, 1.54) is 10.6 Å². The van der Waals surface area contributed by atoms with Crippen LogP contribution in [0.5, 0.6) is 0 Å². The topological polar surface area (TPSA) is 86.8 Å². The van der Waals surface area contributed by atoms with E-state index in [0.29, 0.717) is 18.5 Å². The molecule has 0 fully saturated rings. The summed E-state index contributed by atoms with van der Waals surface area (Å²) in [6.45, 7) is 6.34. The first-order valence-corrected chi connectivity index (χ1v) is 15.7. The van der Waals surface area contributed by atoms with Crippen molar-refractivity contribution in [2.24, 2.45) is 0 Å². The van der Waals surface area contributed by atoms with Crippen molar-refractivity contribution in [3.63, 3.8) is 0 Å². The monoisotopic (exact) mass is 563 g/mol. The van der Waals surface area contributed by atoms with Gasteiger partial charge in [-0.05, 0) is 49.9 Å². The standard InChI is InChI=1S/C32H41N3O4S/c1-5-26(3)33-32(37)30(23-27-13-8-6-9-14-27)34(24-28-15-10-7-11-16-28)31(36)17-12-22-35(40(4,38)39)29-20-18-25(2)19-21-29/h6-11,13-16,18-21,26,30H,5,12,17,22-24H2,1-4H3,(H,33,37). The number of hydrogen-bond donors (Lipinski definition) is 1. The highest BCUT2D eigenvalue weighted by Crippen LogP contribution is 2.21. The Labute approximate surface area is 239 Å². The third-order valence-electron chi connectivity index (χ3n) is 6.94. The van der Waals surface area contributed by atoms with Crippen molar-refractivity contribution in [3.05, 3.63) is 102 Å². The Kier molecular flexibility index (Phi) is 11.3. The molecule has 40 heavy (non-hydrogen) atoms. The molecule has 214 valence electrons. The molecule has 0 aromatic heterocycles. The predicted molar refractivity (Wildman–Crippen MR) is 161 cm³/mol. The van der Waals surface area contributed by atoms with Crippen LogP contribution < -0.4 is 9.62 Å². The summed E-state index contributed by atoms with van der Waals surface area (Å²) in [6.07, 6.45) is 2.74. The molecule has 7 nitrogen and oxygen atoms in total. The average molecular weight is 564 g/mol. The van der Waals surface area contributed by atoms with Crippen LogP contribution in [0.1, 0.15) is 49.8 Å². The molecule has 0 aliphatic heterocycles. The summed E-state index contributed by atoms with van der Waals surface area (Å²) in [5.74, 6) is -0.388. The zero-order valence-corrected chi connectivity index (χ0v) is 24.7. The Morgan fingerprint density at radius 2 is 1.45 bits per heavy atom. The van der Waals surface area contributed by atoms with E-state index in [-0.39, 0.29) is 37.4 Å². The lowest BCUT2D eigenvalue weighted by Crippen LogP contribution is -2.52. The molecule has 3 rings (SSSR count). The number of aryl methyl sites for hydroxylation is 1. The van der Waals surface area contributed by atoms with E-state index in [1.807, 2.05) is 93.6 Å². The van der Waals surface area contributed by atoms with Gasteiger partial charge in [0, 0.05) is 32.0 Å². The Bertz CT molecular complexity index is 1330. The summed E-state index contributed by atoms with van der Waals surface area (Å²) >= 11 is 0. The molecular formula is C32H41N3O4S. The van der Waals surface area contributed by atoms with Crippen LogP contribution in [-0.2, 0) is 32.6 Å². The summed E-state index contributed by atoms with van der Waals surface area (Å²) in [5.41, 5.74) is 3.48. The Morgan fingerprint density at radius 3 is 2.00 bits per heavy atom. The molecule has 0 aliphatic rings. The molecule has 2 atom stereocenters. The maximum atomic E-state index is 13.8. The molecule has 2 amide bonds. The first-order valence-electron chi connectivity index (χ1n) is 13.8. The number of hydrogen-bond acceptors (Lipinski definition) is 4. The fourth-order valence-corrected chi connectivity index (χ4v) is 5.46. The lowest BCUT2D eigenvalue weighted by atomic mass is 10.0. The van der Waals surface area contributed by atoms with Gasteiger partial charge in [0.05, 0.1) is 11.9 Å². The average Bonchev–Trinajstić information content (AvgIpc) is 2.94. The molecule has 0 radical (unpaired) electrons. The van der Waals surface area contributed by atoms with Crippen LogP contribution >= 0.6 is 0 Å². The fourth-order valence-electron chi connectivity index (χ4n) is 4.49. The fraction of sp³-hybridized carbons (Fsp3) is 0.375. The van der Waals surface area contributed by atoms with Crippen molar-refractivity contribution in [3.8, 4) is 0 Å². The van der Waals surface area contributed by atoms with Crippen LogP contribution in [-0.4, -0.2) is 50.0 Å². The van der Waals surface area contributed by atoms with Crippen molar-refractivity contribution in [2.45, 2.75) is 65.1 Å². The Balaban J connectivity index is 1.86. The summed E-state index contributed by atoms with van der Waals surface area (Å²) in [5, 5.41) is 3.07. The van der Waals surface area contributed by atoms with Gasteiger partial charge in [-0.1, -0.05) is 85.3 Å². The van der Waals surface area contributed by atoms with Gasteiger partial charge in [0.2, 0.25) is 21.8 Å². The molecule has 0 bridgehead atoms. The zero-order valence-electron chi connectivity index (χ0n) is 23.9. The van der Waals surface area contributed by atoms with Gasteiger partial charge in [0.15, 0.2) is 0 Å². The first-order chi connectivity index (χ1) is 19.1. The highest BCUT2D eigenvalue weighted by atomic mass is 32.2. The number of benzene rings is 3. The maximum Gasteiger partial charge on any atom is 0.243 e. The number of nitrogens with zero attached hydrogens (tertiary/aromatic N) is 2. The third-order valence-corrected chi connectivity index (χ3v) is 8.14. The number of rotatable bonds is 14. The maximum absolute atomic E-state index is 13.8. The molecule has 0 spiro atoms. The minimum absolute atomic E-state index is 0.0303. The van der Waals surface area contributed by atoms with Gasteiger partial charge in [-0.15, -0.1) is 0 Å². The molecule has 0 aliphatic carbocycles. The number of amides is 2. The lowest BCUT2D eigenvalue weighted by Gasteiger charge is -2.32. The van der Waals surface area contributed by atoms with Crippen LogP contribution in [0.2, 0.25) is 0 Å². The second-order valence-electron chi connectivity index (χ2n) is 10.3. The van der Waals surface area contributed by atoms with E-state index < -0.39 is 16.1 Å². The van der Waals surface area contributed by atoms with Gasteiger partial charge in [0.25, 0.3) is 0 Å². The smallest absolute Gasteiger partial charge is 0.243 e. The van der Waals surface area contributed by atoms with Crippen LogP contribution in [0.3, 0.4) is 0 Å². The van der Waals surface area contributed by atoms with Crippen LogP contribution in [0, 0.1) is 6.92 Å². The van der Waals surface area contributed by atoms with Crippen LogP contribution in [0.15, 0.2) is 84.9 Å². The lowest BCUT2D eigenvalue weighted by molar-refractivity contribution is -0.141. The molecule has 3 aromatic rings. The number of carbonyl (C=O) groups excluding carboxylic acids is 2. The third kappa shape index (κ3) is 9.23. The van der Waals surface area contributed by atoms with Gasteiger partial charge < -0.3 is 10.2 Å². The quantitative estimate of drug-likeness (QED) is 0.296. The SMILES string of the molecule is CCC(C)NC(=O)C(Cc1ccccc1)N(Cc1ccccc1)C(=O)CCCN(c1ccc(C)cc1)S(C)(=O)=O. The zero-order chi connectivity index (χ0) is 29.1. The van der Waals surface area contributed by atoms with Crippen molar-refractivity contribution < 1.29 is 18.0 Å². The molecule has 8 heteroatoms. The molecular weight excluding hydrogens is 522 g/mol. The van der Waals surface area contributed by atoms with E-state index in [2.05, 4.69) is 5.32 Å². The van der Waals surface area contributed by atoms with E-state index in [0.717, 1.165) is 23.1 Å². The molecule has 0 heterocycles. The highest BCUT2D eigenvalue weighted by molar-refractivity contribution is 7.92. The van der Waals surface area contributed by atoms with E-state index >= 15 is 0 Å². The van der Waals surface area contributed by atoms with Gasteiger partial charge in [-0.3, -0.25) is 13.9 Å². The predicted octanol–water partition coefficient (Wildman–Crippen LogP) is 5.10. The minimum Gasteiger partial charge on any atom is -0.352 e. The molecule has 3 aromatic carbocycles. The molecule has 1 N–H and O–H groups in total. The van der Waals surface area contributed by atoms with Gasteiger partial charge in [0.1, 0.15) is 6.04 Å². The largest absolute Gasteiger partial charge is 0.352 e. The Hall–Kier alpha value is -3.65. The van der Waals surface area contributed by atoms with E-state index in [4.69, 9.17) is 0 Å². The van der Waals surface area contributed by atoms with Crippen LogP contribution in [0.4, 0.5) is 5.69 Å². The van der Waals surface area contributed by atoms with Crippen molar-refractivity contribution in [1.29, 1.82) is 0 Å². The Morgan fingerprint density at radius 1 is 0.875 bits per heavy atom. The molecule has 2 unspecified atom stereocenters. The van der Waals surface area contributed by atoms with Crippen molar-refractivity contribution in [1.82, 2.24) is 10.2 Å².